The van der Waals surface area contributed by atoms with Crippen molar-refractivity contribution >= 4 is 10.9 Å². The third-order valence-electron chi connectivity index (χ3n) is 2.97. The Morgan fingerprint density at radius 1 is 1.21 bits per heavy atom. The lowest BCUT2D eigenvalue weighted by Gasteiger charge is -2.30. The van der Waals surface area contributed by atoms with E-state index in [1.807, 2.05) is 6.20 Å². The van der Waals surface area contributed by atoms with Crippen molar-refractivity contribution < 1.29 is 0 Å². The Morgan fingerprint density at radius 3 is 2.93 bits per heavy atom. The first-order valence-corrected chi connectivity index (χ1v) is 5.20. The molecule has 0 aliphatic carbocycles. The molecule has 3 rings (SSSR count). The van der Waals surface area contributed by atoms with E-state index in [0.29, 0.717) is 0 Å². The van der Waals surface area contributed by atoms with Crippen molar-refractivity contribution in [3.8, 4) is 0 Å². The van der Waals surface area contributed by atoms with Gasteiger partial charge in [0.15, 0.2) is 0 Å². The van der Waals surface area contributed by atoms with E-state index in [-0.39, 0.29) is 0 Å². The maximum absolute atomic E-state index is 3.25. The SMILES string of the molecule is c1cc2ccc(CN3CCC3)cc2[nH]1. The number of H-pyrrole nitrogens is 1. The van der Waals surface area contributed by atoms with Crippen LogP contribution in [-0.2, 0) is 6.54 Å². The minimum Gasteiger partial charge on any atom is -0.361 e. The lowest BCUT2D eigenvalue weighted by Crippen LogP contribution is -2.36. The van der Waals surface area contributed by atoms with Gasteiger partial charge < -0.3 is 4.98 Å². The molecule has 2 heteroatoms. The highest BCUT2D eigenvalue weighted by molar-refractivity contribution is 5.79. The first kappa shape index (κ1) is 8.06. The molecule has 2 nitrogen and oxygen atoms in total. The van der Waals surface area contributed by atoms with Crippen LogP contribution in [0.3, 0.4) is 0 Å². The van der Waals surface area contributed by atoms with E-state index in [4.69, 9.17) is 0 Å². The minimum atomic E-state index is 1.11. The summed E-state index contributed by atoms with van der Waals surface area (Å²) >= 11 is 0. The van der Waals surface area contributed by atoms with Crippen molar-refractivity contribution in [2.24, 2.45) is 0 Å². The van der Waals surface area contributed by atoms with Crippen molar-refractivity contribution in [1.82, 2.24) is 9.88 Å². The molecule has 0 spiro atoms. The fraction of sp³-hybridized carbons (Fsp3) is 0.333. The van der Waals surface area contributed by atoms with E-state index in [2.05, 4.69) is 34.1 Å². The summed E-state index contributed by atoms with van der Waals surface area (Å²) in [5.74, 6) is 0. The van der Waals surface area contributed by atoms with Gasteiger partial charge in [0.1, 0.15) is 0 Å². The summed E-state index contributed by atoms with van der Waals surface area (Å²) in [5.41, 5.74) is 2.67. The van der Waals surface area contributed by atoms with Crippen molar-refractivity contribution in [2.45, 2.75) is 13.0 Å². The molecule has 14 heavy (non-hydrogen) atoms. The molecule has 0 amide bonds. The predicted molar refractivity (Wildman–Crippen MR) is 58.2 cm³/mol. The summed E-state index contributed by atoms with van der Waals surface area (Å²) in [4.78, 5) is 5.73. The first-order valence-electron chi connectivity index (χ1n) is 5.20. The molecule has 1 N–H and O–H groups in total. The standard InChI is InChI=1S/C12H14N2/c1-6-14(7-1)9-10-2-3-11-4-5-13-12(11)8-10/h2-5,8,13H,1,6-7,9H2. The smallest absolute Gasteiger partial charge is 0.0457 e. The number of aromatic amines is 1. The van der Waals surface area contributed by atoms with E-state index in [9.17, 15) is 0 Å². The molecule has 1 fully saturated rings. The van der Waals surface area contributed by atoms with Gasteiger partial charge in [-0.05, 0) is 42.6 Å². The van der Waals surface area contributed by atoms with Crippen LogP contribution in [0.5, 0.6) is 0 Å². The van der Waals surface area contributed by atoms with E-state index < -0.39 is 0 Å². The average molecular weight is 186 g/mol. The fourth-order valence-electron chi connectivity index (χ4n) is 1.99. The van der Waals surface area contributed by atoms with E-state index in [0.717, 1.165) is 6.54 Å². The number of hydrogen-bond acceptors (Lipinski definition) is 1. The molecule has 2 aromatic rings. The van der Waals surface area contributed by atoms with Gasteiger partial charge in [0.2, 0.25) is 0 Å². The quantitative estimate of drug-likeness (QED) is 0.763. The number of likely N-dealkylation sites (tertiary alicyclic amines) is 1. The molecule has 1 aliphatic heterocycles. The number of nitrogens with zero attached hydrogens (tertiary/aromatic N) is 1. The Bertz CT molecular complexity index is 440. The average Bonchev–Trinajstić information content (AvgIpc) is 2.58. The van der Waals surface area contributed by atoms with Crippen molar-refractivity contribution in [2.75, 3.05) is 13.1 Å². The van der Waals surface area contributed by atoms with Gasteiger partial charge in [-0.15, -0.1) is 0 Å². The fourth-order valence-corrected chi connectivity index (χ4v) is 1.99. The van der Waals surface area contributed by atoms with Crippen LogP contribution in [0.2, 0.25) is 0 Å². The Morgan fingerprint density at radius 2 is 2.14 bits per heavy atom. The first-order chi connectivity index (χ1) is 6.92. The Kier molecular flexibility index (Phi) is 1.81. The van der Waals surface area contributed by atoms with Gasteiger partial charge >= 0.3 is 0 Å². The second-order valence-electron chi connectivity index (χ2n) is 4.03. The van der Waals surface area contributed by atoms with Gasteiger partial charge in [0.25, 0.3) is 0 Å². The number of nitrogens with one attached hydrogen (secondary N) is 1. The topological polar surface area (TPSA) is 19.0 Å². The molecule has 0 radical (unpaired) electrons. The molecule has 0 saturated carbocycles. The van der Waals surface area contributed by atoms with Crippen molar-refractivity contribution in [1.29, 1.82) is 0 Å². The van der Waals surface area contributed by atoms with Gasteiger partial charge in [0.05, 0.1) is 0 Å². The lowest BCUT2D eigenvalue weighted by molar-refractivity contribution is 0.172. The van der Waals surface area contributed by atoms with E-state index >= 15 is 0 Å². The summed E-state index contributed by atoms with van der Waals surface area (Å²) in [6.07, 6.45) is 3.36. The van der Waals surface area contributed by atoms with Crippen LogP contribution in [0.4, 0.5) is 0 Å². The maximum atomic E-state index is 3.25. The number of aromatic nitrogens is 1. The lowest BCUT2D eigenvalue weighted by atomic mass is 10.1. The van der Waals surface area contributed by atoms with Gasteiger partial charge in [-0.25, -0.2) is 0 Å². The van der Waals surface area contributed by atoms with Crippen LogP contribution in [0.25, 0.3) is 10.9 Å². The summed E-state index contributed by atoms with van der Waals surface area (Å²) in [5, 5.41) is 1.30. The highest BCUT2D eigenvalue weighted by Gasteiger charge is 2.13. The van der Waals surface area contributed by atoms with Crippen molar-refractivity contribution in [3.63, 3.8) is 0 Å². The normalized spacial score (nSPS) is 17.1. The highest BCUT2D eigenvalue weighted by Crippen LogP contribution is 2.17. The summed E-state index contributed by atoms with van der Waals surface area (Å²) in [6, 6.07) is 8.80. The molecule has 72 valence electrons. The number of rotatable bonds is 2. The monoisotopic (exact) mass is 186 g/mol. The molecular formula is C12H14N2. The second-order valence-corrected chi connectivity index (χ2v) is 4.03. The Hall–Kier alpha value is -1.28. The minimum absolute atomic E-state index is 1.11. The van der Waals surface area contributed by atoms with Crippen LogP contribution in [0.1, 0.15) is 12.0 Å². The zero-order valence-corrected chi connectivity index (χ0v) is 8.16. The van der Waals surface area contributed by atoms with Crippen LogP contribution >= 0.6 is 0 Å². The number of benzene rings is 1. The molecule has 1 aromatic heterocycles. The molecule has 0 atom stereocenters. The Balaban J connectivity index is 1.88. The molecule has 1 aliphatic rings. The maximum Gasteiger partial charge on any atom is 0.0457 e. The molecule has 1 aromatic carbocycles. The molecule has 1 saturated heterocycles. The number of hydrogen-bond donors (Lipinski definition) is 1. The van der Waals surface area contributed by atoms with Crippen molar-refractivity contribution in [3.05, 3.63) is 36.0 Å². The second kappa shape index (κ2) is 3.14. The van der Waals surface area contributed by atoms with Crippen LogP contribution in [0, 0.1) is 0 Å². The largest absolute Gasteiger partial charge is 0.361 e. The van der Waals surface area contributed by atoms with E-state index in [1.165, 1.54) is 36.0 Å². The Labute approximate surface area is 83.5 Å². The summed E-state index contributed by atoms with van der Waals surface area (Å²) in [7, 11) is 0. The third kappa shape index (κ3) is 1.32. The predicted octanol–water partition coefficient (Wildman–Crippen LogP) is 2.37. The zero-order valence-electron chi connectivity index (χ0n) is 8.16. The molecular weight excluding hydrogens is 172 g/mol. The van der Waals surface area contributed by atoms with Crippen LogP contribution in [0.15, 0.2) is 30.5 Å². The van der Waals surface area contributed by atoms with Gasteiger partial charge in [-0.1, -0.05) is 12.1 Å². The van der Waals surface area contributed by atoms with Crippen LogP contribution in [-0.4, -0.2) is 23.0 Å². The van der Waals surface area contributed by atoms with Gasteiger partial charge in [-0.3, -0.25) is 4.90 Å². The third-order valence-corrected chi connectivity index (χ3v) is 2.97. The highest BCUT2D eigenvalue weighted by atomic mass is 15.2. The molecule has 0 unspecified atom stereocenters. The summed E-state index contributed by atoms with van der Waals surface area (Å²) < 4.78 is 0. The van der Waals surface area contributed by atoms with E-state index in [1.54, 1.807) is 0 Å². The number of fused-ring (bicyclic) bond motifs is 1. The van der Waals surface area contributed by atoms with Gasteiger partial charge in [-0.2, -0.15) is 0 Å². The van der Waals surface area contributed by atoms with Gasteiger partial charge in [0, 0.05) is 18.3 Å². The molecule has 2 heterocycles. The zero-order chi connectivity index (χ0) is 9.38. The van der Waals surface area contributed by atoms with Crippen LogP contribution < -0.4 is 0 Å². The summed E-state index contributed by atoms with van der Waals surface area (Å²) in [6.45, 7) is 3.64. The molecule has 0 bridgehead atoms.